The quantitative estimate of drug-likeness (QED) is 0.596. The molecule has 0 saturated heterocycles. The van der Waals surface area contributed by atoms with Crippen molar-refractivity contribution in [3.63, 3.8) is 0 Å². The van der Waals surface area contributed by atoms with E-state index in [0.717, 1.165) is 0 Å². The number of carboxylic acid groups (broad SMARTS) is 1. The van der Waals surface area contributed by atoms with E-state index in [4.69, 9.17) is 4.42 Å². The lowest BCUT2D eigenvalue weighted by atomic mass is 10.0. The fourth-order valence-corrected chi connectivity index (χ4v) is 2.88. The molecule has 3 aromatic rings. The lowest BCUT2D eigenvalue weighted by Gasteiger charge is -2.15. The number of carbonyl (C=O) groups excluding carboxylic acids is 1. The Morgan fingerprint density at radius 3 is 2.52 bits per heavy atom. The van der Waals surface area contributed by atoms with Crippen molar-refractivity contribution >= 4 is 22.8 Å². The van der Waals surface area contributed by atoms with Crippen LogP contribution in [0.15, 0.2) is 57.7 Å². The van der Waals surface area contributed by atoms with Crippen LogP contribution in [0.1, 0.15) is 22.7 Å². The Morgan fingerprint density at radius 2 is 1.85 bits per heavy atom. The largest absolute Gasteiger partial charge is 0.508 e. The van der Waals surface area contributed by atoms with Gasteiger partial charge in [0.1, 0.15) is 11.3 Å². The summed E-state index contributed by atoms with van der Waals surface area (Å²) in [6, 6.07) is 11.3. The molecule has 7 nitrogen and oxygen atoms in total. The summed E-state index contributed by atoms with van der Waals surface area (Å²) in [7, 11) is 0. The highest BCUT2D eigenvalue weighted by Crippen LogP contribution is 2.27. The number of carboxylic acids is 1. The first-order chi connectivity index (χ1) is 12.9. The number of phenols is 1. The minimum Gasteiger partial charge on any atom is -0.508 e. The van der Waals surface area contributed by atoms with Crippen LogP contribution in [0.25, 0.3) is 11.0 Å². The first-order valence-electron chi connectivity index (χ1n) is 8.19. The van der Waals surface area contributed by atoms with Crippen LogP contribution in [0.5, 0.6) is 5.75 Å². The highest BCUT2D eigenvalue weighted by Gasteiger charge is 2.22. The molecule has 3 N–H and O–H groups in total. The molecule has 0 saturated carbocycles. The second-order valence-electron chi connectivity index (χ2n) is 6.10. The van der Waals surface area contributed by atoms with E-state index in [-0.39, 0.29) is 17.8 Å². The summed E-state index contributed by atoms with van der Waals surface area (Å²) in [4.78, 5) is 35.8. The van der Waals surface area contributed by atoms with E-state index < -0.39 is 23.5 Å². The number of hydrogen-bond donors (Lipinski definition) is 3. The summed E-state index contributed by atoms with van der Waals surface area (Å²) in [5.41, 5.74) is 0.759. The SMILES string of the molecule is Cc1c(O)ccc2c(CC(=O)N[C@H](C(=O)O)c3ccccc3)cc(=O)oc12. The molecule has 0 spiro atoms. The lowest BCUT2D eigenvalue weighted by Crippen LogP contribution is -2.34. The molecule has 0 bridgehead atoms. The highest BCUT2D eigenvalue weighted by atomic mass is 16.4. The van der Waals surface area contributed by atoms with Gasteiger partial charge in [-0.25, -0.2) is 9.59 Å². The van der Waals surface area contributed by atoms with Gasteiger partial charge in [-0.2, -0.15) is 0 Å². The number of amides is 1. The molecule has 1 aromatic heterocycles. The Bertz CT molecular complexity index is 1070. The fraction of sp³-hybridized carbons (Fsp3) is 0.150. The van der Waals surface area contributed by atoms with E-state index in [1.807, 2.05) is 0 Å². The van der Waals surface area contributed by atoms with Gasteiger partial charge in [0, 0.05) is 17.0 Å². The summed E-state index contributed by atoms with van der Waals surface area (Å²) in [6.45, 7) is 1.60. The van der Waals surface area contributed by atoms with Gasteiger partial charge in [0.15, 0.2) is 6.04 Å². The van der Waals surface area contributed by atoms with Crippen molar-refractivity contribution in [3.05, 3.63) is 75.6 Å². The second kappa shape index (κ2) is 7.33. The molecule has 138 valence electrons. The van der Waals surface area contributed by atoms with Crippen molar-refractivity contribution in [3.8, 4) is 5.75 Å². The molecule has 0 radical (unpaired) electrons. The van der Waals surface area contributed by atoms with Crippen LogP contribution in [0.2, 0.25) is 0 Å². The van der Waals surface area contributed by atoms with Crippen molar-refractivity contribution < 1.29 is 24.2 Å². The molecular formula is C20H17NO6. The summed E-state index contributed by atoms with van der Waals surface area (Å²) < 4.78 is 5.14. The van der Waals surface area contributed by atoms with Crippen LogP contribution in [0.4, 0.5) is 0 Å². The van der Waals surface area contributed by atoms with Crippen LogP contribution < -0.4 is 10.9 Å². The van der Waals surface area contributed by atoms with Crippen molar-refractivity contribution in [1.82, 2.24) is 5.32 Å². The monoisotopic (exact) mass is 367 g/mol. The number of benzene rings is 2. The summed E-state index contributed by atoms with van der Waals surface area (Å²) in [5, 5.41) is 22.2. The van der Waals surface area contributed by atoms with Gasteiger partial charge in [-0.1, -0.05) is 30.3 Å². The highest BCUT2D eigenvalue weighted by molar-refractivity contribution is 5.91. The van der Waals surface area contributed by atoms with Gasteiger partial charge in [0.2, 0.25) is 5.91 Å². The molecule has 1 heterocycles. The minimum absolute atomic E-state index is 0.0257. The van der Waals surface area contributed by atoms with Crippen LogP contribution >= 0.6 is 0 Å². The summed E-state index contributed by atoms with van der Waals surface area (Å²) >= 11 is 0. The normalized spacial score (nSPS) is 11.9. The van der Waals surface area contributed by atoms with Crippen molar-refractivity contribution in [2.24, 2.45) is 0 Å². The van der Waals surface area contributed by atoms with Crippen molar-refractivity contribution in [1.29, 1.82) is 0 Å². The van der Waals surface area contributed by atoms with E-state index in [9.17, 15) is 24.6 Å². The minimum atomic E-state index is -1.20. The molecule has 0 fully saturated rings. The van der Waals surface area contributed by atoms with E-state index in [1.165, 1.54) is 12.1 Å². The zero-order valence-corrected chi connectivity index (χ0v) is 14.4. The number of phenolic OH excluding ortho intramolecular Hbond substituents is 1. The molecule has 0 aliphatic rings. The summed E-state index contributed by atoms with van der Waals surface area (Å²) in [6.07, 6.45) is -0.205. The number of hydrogen-bond acceptors (Lipinski definition) is 5. The van der Waals surface area contributed by atoms with E-state index in [0.29, 0.717) is 22.1 Å². The first-order valence-corrected chi connectivity index (χ1v) is 8.19. The zero-order chi connectivity index (χ0) is 19.6. The number of rotatable bonds is 5. The summed E-state index contributed by atoms with van der Waals surface area (Å²) in [5.74, 6) is -1.76. The van der Waals surface area contributed by atoms with E-state index in [1.54, 1.807) is 43.3 Å². The predicted octanol–water partition coefficient (Wildman–Crippen LogP) is 2.29. The Kier molecular flexibility index (Phi) is 4.94. The van der Waals surface area contributed by atoms with Crippen LogP contribution in [0.3, 0.4) is 0 Å². The number of aliphatic carboxylic acids is 1. The van der Waals surface area contributed by atoms with Gasteiger partial charge in [-0.15, -0.1) is 0 Å². The average molecular weight is 367 g/mol. The van der Waals surface area contributed by atoms with E-state index >= 15 is 0 Å². The Morgan fingerprint density at radius 1 is 1.15 bits per heavy atom. The molecule has 2 aromatic carbocycles. The Labute approximate surface area is 153 Å². The van der Waals surface area contributed by atoms with Crippen LogP contribution in [-0.2, 0) is 16.0 Å². The van der Waals surface area contributed by atoms with Gasteiger partial charge >= 0.3 is 11.6 Å². The number of fused-ring (bicyclic) bond motifs is 1. The van der Waals surface area contributed by atoms with Gasteiger partial charge in [-0.3, -0.25) is 4.79 Å². The smallest absolute Gasteiger partial charge is 0.336 e. The van der Waals surface area contributed by atoms with Gasteiger partial charge in [0.25, 0.3) is 0 Å². The standard InChI is InChI=1S/C20H17NO6/c1-11-15(22)8-7-14-13(10-17(24)27-19(11)14)9-16(23)21-18(20(25)26)12-5-3-2-4-6-12/h2-8,10,18,22H,9H2,1H3,(H,21,23)(H,25,26)/t18-/m0/s1. The molecule has 7 heteroatoms. The second-order valence-corrected chi connectivity index (χ2v) is 6.10. The molecule has 0 aliphatic heterocycles. The molecular weight excluding hydrogens is 350 g/mol. The van der Waals surface area contributed by atoms with Crippen molar-refractivity contribution in [2.45, 2.75) is 19.4 Å². The lowest BCUT2D eigenvalue weighted by molar-refractivity contribution is -0.141. The molecule has 1 amide bonds. The van der Waals surface area contributed by atoms with Gasteiger partial charge < -0.3 is 19.9 Å². The van der Waals surface area contributed by atoms with Crippen LogP contribution in [0, 0.1) is 6.92 Å². The van der Waals surface area contributed by atoms with E-state index in [2.05, 4.69) is 5.32 Å². The predicted molar refractivity (Wildman–Crippen MR) is 97.6 cm³/mol. The maximum absolute atomic E-state index is 12.5. The topological polar surface area (TPSA) is 117 Å². The maximum Gasteiger partial charge on any atom is 0.336 e. The molecule has 3 rings (SSSR count). The Balaban J connectivity index is 1.91. The van der Waals surface area contributed by atoms with Crippen molar-refractivity contribution in [2.75, 3.05) is 0 Å². The molecule has 0 aliphatic carbocycles. The average Bonchev–Trinajstić information content (AvgIpc) is 2.63. The Hall–Kier alpha value is -3.61. The number of nitrogens with one attached hydrogen (secondary N) is 1. The van der Waals surface area contributed by atoms with Gasteiger partial charge in [0.05, 0.1) is 6.42 Å². The first kappa shape index (κ1) is 18.2. The van der Waals surface area contributed by atoms with Crippen LogP contribution in [-0.4, -0.2) is 22.1 Å². The number of aromatic hydroxyl groups is 1. The molecule has 1 atom stereocenters. The number of carbonyl (C=O) groups is 2. The van der Waals surface area contributed by atoms with Gasteiger partial charge in [-0.05, 0) is 30.2 Å². The number of aryl methyl sites for hydroxylation is 1. The third-order valence-electron chi connectivity index (χ3n) is 4.25. The maximum atomic E-state index is 12.5. The fourth-order valence-electron chi connectivity index (χ4n) is 2.88. The third-order valence-corrected chi connectivity index (χ3v) is 4.25. The third kappa shape index (κ3) is 3.82. The zero-order valence-electron chi connectivity index (χ0n) is 14.4. The molecule has 27 heavy (non-hydrogen) atoms. The molecule has 0 unspecified atom stereocenters.